The van der Waals surface area contributed by atoms with Crippen molar-refractivity contribution in [2.45, 2.75) is 51.6 Å². The topological polar surface area (TPSA) is 43.9 Å². The van der Waals surface area contributed by atoms with Crippen molar-refractivity contribution in [3.8, 4) is 0 Å². The van der Waals surface area contributed by atoms with Crippen LogP contribution in [0.4, 0.5) is 0 Å². The second kappa shape index (κ2) is 6.27. The van der Waals surface area contributed by atoms with Gasteiger partial charge in [-0.05, 0) is 26.7 Å². The van der Waals surface area contributed by atoms with Gasteiger partial charge in [-0.3, -0.25) is 14.5 Å². The normalized spacial score (nSPS) is 27.6. The van der Waals surface area contributed by atoms with Crippen LogP contribution in [0.2, 0.25) is 0 Å². The van der Waals surface area contributed by atoms with Gasteiger partial charge in [-0.2, -0.15) is 0 Å². The van der Waals surface area contributed by atoms with Crippen molar-refractivity contribution in [3.63, 3.8) is 0 Å². The molecule has 1 atom stereocenters. The van der Waals surface area contributed by atoms with Gasteiger partial charge in [0.15, 0.2) is 0 Å². The van der Waals surface area contributed by atoms with Crippen molar-refractivity contribution >= 4 is 11.8 Å². The first-order chi connectivity index (χ1) is 11.0. The van der Waals surface area contributed by atoms with E-state index in [0.29, 0.717) is 0 Å². The highest BCUT2D eigenvalue weighted by Crippen LogP contribution is 2.52. The number of hydrogen-bond donors (Lipinski definition) is 0. The molecule has 3 rings (SSSR count). The van der Waals surface area contributed by atoms with Crippen LogP contribution in [-0.2, 0) is 9.59 Å². The molecule has 1 spiro atoms. The minimum atomic E-state index is -0.375. The molecule has 0 radical (unpaired) electrons. The Kier molecular flexibility index (Phi) is 4.50. The van der Waals surface area contributed by atoms with Crippen molar-refractivity contribution in [2.24, 2.45) is 5.41 Å². The molecule has 5 heteroatoms. The molecule has 2 heterocycles. The SMILES string of the molecule is C=CCN1CCN(C(=O)C2N(C(C)C)C(=O)C23CCCC3)CC1. The molecule has 0 aromatic carbocycles. The Morgan fingerprint density at radius 3 is 2.39 bits per heavy atom. The maximum absolute atomic E-state index is 13.2. The van der Waals surface area contributed by atoms with Gasteiger partial charge in [0.05, 0.1) is 5.41 Å². The van der Waals surface area contributed by atoms with Crippen LogP contribution in [0.25, 0.3) is 0 Å². The lowest BCUT2D eigenvalue weighted by Crippen LogP contribution is -2.74. The predicted octanol–water partition coefficient (Wildman–Crippen LogP) is 1.50. The summed E-state index contributed by atoms with van der Waals surface area (Å²) in [6.07, 6.45) is 5.85. The van der Waals surface area contributed by atoms with Gasteiger partial charge in [0, 0.05) is 38.8 Å². The summed E-state index contributed by atoms with van der Waals surface area (Å²) in [5, 5.41) is 0. The van der Waals surface area contributed by atoms with Crippen LogP contribution < -0.4 is 0 Å². The number of rotatable bonds is 4. The molecule has 0 N–H and O–H groups in total. The van der Waals surface area contributed by atoms with Crippen LogP contribution in [0.3, 0.4) is 0 Å². The minimum absolute atomic E-state index is 0.102. The van der Waals surface area contributed by atoms with E-state index in [1.54, 1.807) is 0 Å². The number of β-lactam (4-membered cyclic amide) rings is 1. The molecule has 0 bridgehead atoms. The monoisotopic (exact) mass is 319 g/mol. The van der Waals surface area contributed by atoms with E-state index in [9.17, 15) is 9.59 Å². The average molecular weight is 319 g/mol. The first-order valence-corrected chi connectivity index (χ1v) is 8.96. The summed E-state index contributed by atoms with van der Waals surface area (Å²) in [5.74, 6) is 0.395. The van der Waals surface area contributed by atoms with E-state index in [1.165, 1.54) is 0 Å². The quantitative estimate of drug-likeness (QED) is 0.582. The van der Waals surface area contributed by atoms with Crippen molar-refractivity contribution in [1.82, 2.24) is 14.7 Å². The zero-order valence-corrected chi connectivity index (χ0v) is 14.5. The zero-order valence-electron chi connectivity index (χ0n) is 14.5. The van der Waals surface area contributed by atoms with Gasteiger partial charge in [0.25, 0.3) is 0 Å². The molecule has 2 saturated heterocycles. The summed E-state index contributed by atoms with van der Waals surface area (Å²) in [4.78, 5) is 32.0. The fourth-order valence-electron chi connectivity index (χ4n) is 4.58. The van der Waals surface area contributed by atoms with Gasteiger partial charge in [-0.15, -0.1) is 6.58 Å². The van der Waals surface area contributed by atoms with Gasteiger partial charge in [0.2, 0.25) is 11.8 Å². The van der Waals surface area contributed by atoms with E-state index in [4.69, 9.17) is 0 Å². The van der Waals surface area contributed by atoms with Gasteiger partial charge < -0.3 is 9.80 Å². The number of likely N-dealkylation sites (tertiary alicyclic amines) is 1. The number of hydrogen-bond acceptors (Lipinski definition) is 3. The van der Waals surface area contributed by atoms with E-state index < -0.39 is 0 Å². The van der Waals surface area contributed by atoms with Gasteiger partial charge in [-0.1, -0.05) is 18.9 Å². The van der Waals surface area contributed by atoms with Crippen molar-refractivity contribution < 1.29 is 9.59 Å². The van der Waals surface area contributed by atoms with Gasteiger partial charge in [0.1, 0.15) is 6.04 Å². The van der Waals surface area contributed by atoms with E-state index in [2.05, 4.69) is 11.5 Å². The summed E-state index contributed by atoms with van der Waals surface area (Å²) >= 11 is 0. The summed E-state index contributed by atoms with van der Waals surface area (Å²) in [5.41, 5.74) is -0.375. The fraction of sp³-hybridized carbons (Fsp3) is 0.778. The molecule has 3 fully saturated rings. The lowest BCUT2D eigenvalue weighted by molar-refractivity contribution is -0.185. The molecule has 128 valence electrons. The number of piperazine rings is 1. The average Bonchev–Trinajstić information content (AvgIpc) is 3.04. The third-order valence-electron chi connectivity index (χ3n) is 5.82. The van der Waals surface area contributed by atoms with Crippen molar-refractivity contribution in [1.29, 1.82) is 0 Å². The molecule has 2 aliphatic heterocycles. The molecule has 3 aliphatic rings. The molecular weight excluding hydrogens is 290 g/mol. The molecular formula is C18H29N3O2. The van der Waals surface area contributed by atoms with Gasteiger partial charge in [-0.25, -0.2) is 0 Å². The van der Waals surface area contributed by atoms with Crippen LogP contribution in [0.1, 0.15) is 39.5 Å². The van der Waals surface area contributed by atoms with E-state index in [0.717, 1.165) is 58.4 Å². The lowest BCUT2D eigenvalue weighted by Gasteiger charge is -2.56. The largest absolute Gasteiger partial charge is 0.338 e. The number of nitrogens with zero attached hydrogens (tertiary/aromatic N) is 3. The summed E-state index contributed by atoms with van der Waals surface area (Å²) < 4.78 is 0. The predicted molar refractivity (Wildman–Crippen MR) is 89.9 cm³/mol. The molecule has 1 aliphatic carbocycles. The van der Waals surface area contributed by atoms with Crippen molar-refractivity contribution in [3.05, 3.63) is 12.7 Å². The smallest absolute Gasteiger partial charge is 0.246 e. The number of amides is 2. The van der Waals surface area contributed by atoms with E-state index in [-0.39, 0.29) is 29.3 Å². The van der Waals surface area contributed by atoms with E-state index >= 15 is 0 Å². The number of carbonyl (C=O) groups is 2. The highest BCUT2D eigenvalue weighted by atomic mass is 16.2. The maximum atomic E-state index is 13.2. The highest BCUT2D eigenvalue weighted by Gasteiger charge is 2.65. The summed E-state index contributed by atoms with van der Waals surface area (Å²) in [6, 6.07) is -0.117. The van der Waals surface area contributed by atoms with Crippen LogP contribution in [0.15, 0.2) is 12.7 Å². The molecule has 0 aromatic rings. The zero-order chi connectivity index (χ0) is 16.6. The number of carbonyl (C=O) groups excluding carboxylic acids is 2. The summed E-state index contributed by atoms with van der Waals surface area (Å²) in [6.45, 7) is 12.0. The molecule has 1 unspecified atom stereocenters. The third-order valence-corrected chi connectivity index (χ3v) is 5.82. The minimum Gasteiger partial charge on any atom is -0.338 e. The van der Waals surface area contributed by atoms with E-state index in [1.807, 2.05) is 29.7 Å². The van der Waals surface area contributed by atoms with Crippen LogP contribution in [0.5, 0.6) is 0 Å². The Morgan fingerprint density at radius 1 is 1.26 bits per heavy atom. The molecule has 1 saturated carbocycles. The molecule has 23 heavy (non-hydrogen) atoms. The summed E-state index contributed by atoms with van der Waals surface area (Å²) in [7, 11) is 0. The first kappa shape index (κ1) is 16.5. The first-order valence-electron chi connectivity index (χ1n) is 8.96. The van der Waals surface area contributed by atoms with Crippen LogP contribution in [-0.4, -0.2) is 71.3 Å². The second-order valence-corrected chi connectivity index (χ2v) is 7.49. The Labute approximate surface area is 139 Å². The molecule has 0 aromatic heterocycles. The van der Waals surface area contributed by atoms with Crippen molar-refractivity contribution in [2.75, 3.05) is 32.7 Å². The molecule has 2 amide bonds. The second-order valence-electron chi connectivity index (χ2n) is 7.49. The lowest BCUT2D eigenvalue weighted by atomic mass is 9.67. The third kappa shape index (κ3) is 2.59. The Morgan fingerprint density at radius 2 is 1.87 bits per heavy atom. The fourth-order valence-corrected chi connectivity index (χ4v) is 4.58. The maximum Gasteiger partial charge on any atom is 0.246 e. The van der Waals surface area contributed by atoms with Crippen LogP contribution >= 0.6 is 0 Å². The Balaban J connectivity index is 1.72. The molecule has 5 nitrogen and oxygen atoms in total. The Bertz CT molecular complexity index is 488. The standard InChI is InChI=1S/C18H29N3O2/c1-4-9-19-10-12-20(13-11-19)16(22)15-18(7-5-6-8-18)17(23)21(15)14(2)3/h4,14-15H,1,5-13H2,2-3H3. The van der Waals surface area contributed by atoms with Crippen LogP contribution in [0, 0.1) is 5.41 Å². The highest BCUT2D eigenvalue weighted by molar-refractivity contribution is 6.02. The van der Waals surface area contributed by atoms with Gasteiger partial charge >= 0.3 is 0 Å². The Hall–Kier alpha value is -1.36.